The number of anilines is 2. The fraction of sp³-hybridized carbons (Fsp3) is 0.429. The molecule has 1 aromatic rings. The summed E-state index contributed by atoms with van der Waals surface area (Å²) in [7, 11) is 0. The van der Waals surface area contributed by atoms with Gasteiger partial charge in [0.25, 0.3) is 0 Å². The SMILES string of the molecule is CCN=c1cc2oc3cc4c(cc3nc-2cc1C)N(CC)CCN4CC. The van der Waals surface area contributed by atoms with E-state index in [9.17, 15) is 0 Å². The fourth-order valence-electron chi connectivity index (χ4n) is 3.78. The summed E-state index contributed by atoms with van der Waals surface area (Å²) in [6, 6.07) is 8.41. The molecule has 26 heavy (non-hydrogen) atoms. The zero-order valence-electron chi connectivity index (χ0n) is 16.0. The van der Waals surface area contributed by atoms with E-state index in [1.165, 1.54) is 11.4 Å². The van der Waals surface area contributed by atoms with Crippen molar-refractivity contribution in [2.45, 2.75) is 27.7 Å². The molecule has 0 N–H and O–H groups in total. The third-order valence-corrected chi connectivity index (χ3v) is 5.21. The van der Waals surface area contributed by atoms with Gasteiger partial charge in [-0.3, -0.25) is 4.99 Å². The Hall–Kier alpha value is -2.56. The number of fused-ring (bicyclic) bond motifs is 3. The van der Waals surface area contributed by atoms with Crippen LogP contribution in [-0.2, 0) is 0 Å². The molecule has 0 spiro atoms. The van der Waals surface area contributed by atoms with Crippen molar-refractivity contribution < 1.29 is 4.42 Å². The summed E-state index contributed by atoms with van der Waals surface area (Å²) in [6.07, 6.45) is 0. The molecule has 0 saturated heterocycles. The first-order valence-electron chi connectivity index (χ1n) is 9.54. The lowest BCUT2D eigenvalue weighted by atomic mass is 10.1. The molecule has 0 radical (unpaired) electrons. The van der Waals surface area contributed by atoms with Gasteiger partial charge < -0.3 is 14.2 Å². The second-order valence-electron chi connectivity index (χ2n) is 6.76. The molecule has 136 valence electrons. The minimum Gasteiger partial charge on any atom is -0.453 e. The Kier molecular flexibility index (Phi) is 4.31. The van der Waals surface area contributed by atoms with Gasteiger partial charge in [-0.1, -0.05) is 0 Å². The first-order chi connectivity index (χ1) is 12.6. The van der Waals surface area contributed by atoms with E-state index in [2.05, 4.69) is 53.8 Å². The summed E-state index contributed by atoms with van der Waals surface area (Å²) in [5, 5.41) is 0.982. The standard InChI is InChI=1S/C21H26N4O/c1-5-22-15-12-20-16(10-14(15)4)23-17-11-18-19(13-21(17)26-20)25(7-3)9-8-24(18)6-2/h10-13H,5-9H2,1-4H3. The maximum absolute atomic E-state index is 6.25. The van der Waals surface area contributed by atoms with Crippen molar-refractivity contribution in [1.29, 1.82) is 0 Å². The van der Waals surface area contributed by atoms with Crippen LogP contribution < -0.4 is 15.2 Å². The number of benzene rings is 2. The maximum Gasteiger partial charge on any atom is 0.155 e. The number of aryl methyl sites for hydroxylation is 1. The molecule has 0 saturated carbocycles. The van der Waals surface area contributed by atoms with Crippen LogP contribution in [-0.4, -0.2) is 37.7 Å². The molecule has 2 heterocycles. The van der Waals surface area contributed by atoms with Crippen molar-refractivity contribution in [3.63, 3.8) is 0 Å². The lowest BCUT2D eigenvalue weighted by Gasteiger charge is -2.38. The van der Waals surface area contributed by atoms with E-state index < -0.39 is 0 Å². The van der Waals surface area contributed by atoms with Crippen molar-refractivity contribution in [3.05, 3.63) is 35.2 Å². The van der Waals surface area contributed by atoms with Gasteiger partial charge in [0.05, 0.1) is 16.7 Å². The molecular weight excluding hydrogens is 324 g/mol. The third-order valence-electron chi connectivity index (χ3n) is 5.21. The molecule has 1 aliphatic carbocycles. The number of likely N-dealkylation sites (N-methyl/N-ethyl adjacent to an activating group) is 2. The van der Waals surface area contributed by atoms with E-state index in [1.807, 2.05) is 13.0 Å². The van der Waals surface area contributed by atoms with Crippen LogP contribution in [0.2, 0.25) is 0 Å². The van der Waals surface area contributed by atoms with Crippen LogP contribution in [0.3, 0.4) is 0 Å². The highest BCUT2D eigenvalue weighted by Crippen LogP contribution is 2.37. The van der Waals surface area contributed by atoms with Crippen molar-refractivity contribution in [2.24, 2.45) is 4.99 Å². The zero-order chi connectivity index (χ0) is 18.3. The molecular formula is C21H26N4O. The molecule has 0 bridgehead atoms. The smallest absolute Gasteiger partial charge is 0.155 e. The van der Waals surface area contributed by atoms with E-state index in [0.29, 0.717) is 0 Å². The van der Waals surface area contributed by atoms with Gasteiger partial charge >= 0.3 is 0 Å². The van der Waals surface area contributed by atoms with Gasteiger partial charge in [-0.25, -0.2) is 4.98 Å². The highest BCUT2D eigenvalue weighted by molar-refractivity contribution is 5.89. The molecule has 0 fully saturated rings. The molecule has 0 atom stereocenters. The molecule has 1 aromatic carbocycles. The summed E-state index contributed by atoms with van der Waals surface area (Å²) in [4.78, 5) is 14.3. The van der Waals surface area contributed by atoms with Crippen LogP contribution >= 0.6 is 0 Å². The highest BCUT2D eigenvalue weighted by atomic mass is 16.3. The fourth-order valence-corrected chi connectivity index (χ4v) is 3.78. The van der Waals surface area contributed by atoms with Crippen LogP contribution in [0, 0.1) is 6.92 Å². The molecule has 2 aliphatic heterocycles. The van der Waals surface area contributed by atoms with E-state index in [0.717, 1.165) is 66.2 Å². The Morgan fingerprint density at radius 3 is 2.35 bits per heavy atom. The van der Waals surface area contributed by atoms with Gasteiger partial charge in [0.15, 0.2) is 11.3 Å². The number of hydrogen-bond acceptors (Lipinski definition) is 5. The summed E-state index contributed by atoms with van der Waals surface area (Å²) < 4.78 is 6.25. The Balaban J connectivity index is 1.97. The normalized spacial score (nSPS) is 15.2. The topological polar surface area (TPSA) is 44.9 Å². The van der Waals surface area contributed by atoms with Crippen LogP contribution in [0.4, 0.5) is 11.4 Å². The molecule has 3 aliphatic rings. The van der Waals surface area contributed by atoms with E-state index >= 15 is 0 Å². The van der Waals surface area contributed by atoms with Gasteiger partial charge in [0, 0.05) is 44.9 Å². The van der Waals surface area contributed by atoms with Gasteiger partial charge in [0.2, 0.25) is 0 Å². The van der Waals surface area contributed by atoms with Crippen molar-refractivity contribution in [2.75, 3.05) is 42.5 Å². The molecule has 0 aromatic heterocycles. The highest BCUT2D eigenvalue weighted by Gasteiger charge is 2.23. The first kappa shape index (κ1) is 16.9. The Bertz CT molecular complexity index is 991. The van der Waals surface area contributed by atoms with Crippen LogP contribution in [0.25, 0.3) is 22.6 Å². The monoisotopic (exact) mass is 350 g/mol. The lowest BCUT2D eigenvalue weighted by Crippen LogP contribution is -2.40. The summed E-state index contributed by atoms with van der Waals surface area (Å²) in [5.74, 6) is 0.793. The largest absolute Gasteiger partial charge is 0.453 e. The van der Waals surface area contributed by atoms with Gasteiger partial charge in [-0.15, -0.1) is 0 Å². The number of nitrogens with zero attached hydrogens (tertiary/aromatic N) is 4. The number of rotatable bonds is 3. The van der Waals surface area contributed by atoms with Crippen molar-refractivity contribution in [3.8, 4) is 11.5 Å². The average molecular weight is 350 g/mol. The molecule has 0 amide bonds. The quantitative estimate of drug-likeness (QED) is 0.674. The molecule has 5 nitrogen and oxygen atoms in total. The minimum absolute atomic E-state index is 0.763. The van der Waals surface area contributed by atoms with Crippen LogP contribution in [0.15, 0.2) is 33.7 Å². The van der Waals surface area contributed by atoms with Crippen molar-refractivity contribution in [1.82, 2.24) is 4.98 Å². The average Bonchev–Trinajstić information content (AvgIpc) is 2.65. The van der Waals surface area contributed by atoms with E-state index in [4.69, 9.17) is 9.40 Å². The number of hydrogen-bond donors (Lipinski definition) is 0. The van der Waals surface area contributed by atoms with Crippen LogP contribution in [0.1, 0.15) is 26.3 Å². The lowest BCUT2D eigenvalue weighted by molar-refractivity contribution is 0.610. The van der Waals surface area contributed by atoms with Gasteiger partial charge in [0.1, 0.15) is 11.2 Å². The predicted molar refractivity (Wildman–Crippen MR) is 107 cm³/mol. The third kappa shape index (κ3) is 2.71. The first-order valence-corrected chi connectivity index (χ1v) is 9.54. The van der Waals surface area contributed by atoms with E-state index in [-0.39, 0.29) is 0 Å². The summed E-state index contributed by atoms with van der Waals surface area (Å²) in [5.41, 5.74) is 6.25. The minimum atomic E-state index is 0.763. The van der Waals surface area contributed by atoms with Crippen molar-refractivity contribution >= 4 is 22.5 Å². The van der Waals surface area contributed by atoms with Crippen LogP contribution in [0.5, 0.6) is 0 Å². The summed E-state index contributed by atoms with van der Waals surface area (Å²) in [6.45, 7) is 13.4. The molecule has 5 heteroatoms. The summed E-state index contributed by atoms with van der Waals surface area (Å²) >= 11 is 0. The maximum atomic E-state index is 6.25. The predicted octanol–water partition coefficient (Wildman–Crippen LogP) is 3.83. The Labute approximate surface area is 154 Å². The second-order valence-corrected chi connectivity index (χ2v) is 6.76. The number of aromatic nitrogens is 1. The Morgan fingerprint density at radius 1 is 1.00 bits per heavy atom. The molecule has 4 rings (SSSR count). The van der Waals surface area contributed by atoms with Gasteiger partial charge in [-0.2, -0.15) is 0 Å². The molecule has 0 unspecified atom stereocenters. The second kappa shape index (κ2) is 6.63. The Morgan fingerprint density at radius 2 is 1.69 bits per heavy atom. The zero-order valence-corrected chi connectivity index (χ0v) is 16.0. The van der Waals surface area contributed by atoms with Gasteiger partial charge in [-0.05, 0) is 45.4 Å². The van der Waals surface area contributed by atoms with E-state index in [1.54, 1.807) is 0 Å².